The number of anilines is 2. The van der Waals surface area contributed by atoms with Crippen molar-refractivity contribution in [2.24, 2.45) is 5.41 Å². The standard InChI is InChI=1S/C15H23N3O/c1-15(2,3)9-14(19)18(4)12-7-8-13(16-10-12)17-11-5-6-11/h7-8,10-11H,5-6,9H2,1-4H3,(H,16,17). The van der Waals surface area contributed by atoms with Crippen molar-refractivity contribution < 1.29 is 4.79 Å². The highest BCUT2D eigenvalue weighted by atomic mass is 16.2. The maximum Gasteiger partial charge on any atom is 0.227 e. The number of pyridine rings is 1. The molecule has 0 bridgehead atoms. The molecule has 0 atom stereocenters. The minimum absolute atomic E-state index is 0.00619. The number of rotatable bonds is 4. The average Bonchev–Trinajstić information content (AvgIpc) is 3.11. The zero-order chi connectivity index (χ0) is 14.0. The second-order valence-corrected chi connectivity index (χ2v) is 6.51. The van der Waals surface area contributed by atoms with Crippen LogP contribution in [0.5, 0.6) is 0 Å². The lowest BCUT2D eigenvalue weighted by molar-refractivity contribution is -0.120. The van der Waals surface area contributed by atoms with Gasteiger partial charge in [0, 0.05) is 19.5 Å². The number of aromatic nitrogens is 1. The molecule has 1 amide bonds. The van der Waals surface area contributed by atoms with E-state index in [0.29, 0.717) is 12.5 Å². The van der Waals surface area contributed by atoms with Crippen LogP contribution in [-0.2, 0) is 4.79 Å². The van der Waals surface area contributed by atoms with Crippen LogP contribution >= 0.6 is 0 Å². The van der Waals surface area contributed by atoms with E-state index in [4.69, 9.17) is 0 Å². The normalized spacial score (nSPS) is 15.2. The molecule has 0 spiro atoms. The molecule has 1 aromatic heterocycles. The van der Waals surface area contributed by atoms with Crippen molar-refractivity contribution in [1.82, 2.24) is 4.98 Å². The molecule has 0 aromatic carbocycles. The molecular formula is C15H23N3O. The van der Waals surface area contributed by atoms with Gasteiger partial charge in [-0.15, -0.1) is 0 Å². The molecule has 0 aliphatic heterocycles. The molecule has 2 rings (SSSR count). The Morgan fingerprint density at radius 2 is 2.11 bits per heavy atom. The Bertz CT molecular complexity index is 443. The Labute approximate surface area is 115 Å². The first-order chi connectivity index (χ1) is 8.85. The van der Waals surface area contributed by atoms with Crippen LogP contribution in [0.4, 0.5) is 11.5 Å². The first-order valence-corrected chi connectivity index (χ1v) is 6.84. The predicted molar refractivity (Wildman–Crippen MR) is 78.4 cm³/mol. The number of hydrogen-bond donors (Lipinski definition) is 1. The van der Waals surface area contributed by atoms with Gasteiger partial charge in [0.15, 0.2) is 0 Å². The third-order valence-corrected chi connectivity index (χ3v) is 3.12. The number of amides is 1. The summed E-state index contributed by atoms with van der Waals surface area (Å²) in [5.41, 5.74) is 0.849. The van der Waals surface area contributed by atoms with Crippen molar-refractivity contribution >= 4 is 17.4 Å². The number of hydrogen-bond acceptors (Lipinski definition) is 3. The Hall–Kier alpha value is -1.58. The van der Waals surface area contributed by atoms with Crippen LogP contribution in [0.1, 0.15) is 40.0 Å². The van der Waals surface area contributed by atoms with Crippen molar-refractivity contribution in [3.05, 3.63) is 18.3 Å². The molecule has 1 aliphatic rings. The lowest BCUT2D eigenvalue weighted by Gasteiger charge is -2.23. The maximum atomic E-state index is 12.1. The summed E-state index contributed by atoms with van der Waals surface area (Å²) in [6.07, 6.45) is 4.75. The van der Waals surface area contributed by atoms with E-state index in [1.54, 1.807) is 18.1 Å². The van der Waals surface area contributed by atoms with Gasteiger partial charge in [0.25, 0.3) is 0 Å². The maximum absolute atomic E-state index is 12.1. The fourth-order valence-electron chi connectivity index (χ4n) is 1.82. The van der Waals surface area contributed by atoms with Crippen LogP contribution in [0.2, 0.25) is 0 Å². The molecule has 1 N–H and O–H groups in total. The second kappa shape index (κ2) is 5.19. The lowest BCUT2D eigenvalue weighted by Crippen LogP contribution is -2.29. The van der Waals surface area contributed by atoms with Crippen LogP contribution in [0.3, 0.4) is 0 Å². The van der Waals surface area contributed by atoms with E-state index < -0.39 is 0 Å². The Morgan fingerprint density at radius 3 is 2.58 bits per heavy atom. The van der Waals surface area contributed by atoms with E-state index in [0.717, 1.165) is 11.5 Å². The van der Waals surface area contributed by atoms with Gasteiger partial charge >= 0.3 is 0 Å². The summed E-state index contributed by atoms with van der Waals surface area (Å²) < 4.78 is 0. The first-order valence-electron chi connectivity index (χ1n) is 6.84. The topological polar surface area (TPSA) is 45.2 Å². The summed E-state index contributed by atoms with van der Waals surface area (Å²) in [6.45, 7) is 6.21. The zero-order valence-corrected chi connectivity index (χ0v) is 12.2. The molecule has 19 heavy (non-hydrogen) atoms. The van der Waals surface area contributed by atoms with Crippen molar-refractivity contribution in [3.8, 4) is 0 Å². The molecule has 0 unspecified atom stereocenters. The lowest BCUT2D eigenvalue weighted by atomic mass is 9.91. The van der Waals surface area contributed by atoms with Gasteiger partial charge in [0.2, 0.25) is 5.91 Å². The molecule has 1 heterocycles. The van der Waals surface area contributed by atoms with Crippen molar-refractivity contribution in [3.63, 3.8) is 0 Å². The molecule has 1 fully saturated rings. The van der Waals surface area contributed by atoms with Crippen molar-refractivity contribution in [2.75, 3.05) is 17.3 Å². The van der Waals surface area contributed by atoms with Gasteiger partial charge in [-0.3, -0.25) is 4.79 Å². The van der Waals surface area contributed by atoms with Crippen LogP contribution in [0.15, 0.2) is 18.3 Å². The van der Waals surface area contributed by atoms with Crippen LogP contribution in [-0.4, -0.2) is 24.0 Å². The fourth-order valence-corrected chi connectivity index (χ4v) is 1.82. The molecule has 1 aliphatic carbocycles. The van der Waals surface area contributed by atoms with E-state index in [2.05, 4.69) is 31.1 Å². The minimum atomic E-state index is 0.00619. The largest absolute Gasteiger partial charge is 0.367 e. The fraction of sp³-hybridized carbons (Fsp3) is 0.600. The Morgan fingerprint density at radius 1 is 1.42 bits per heavy atom. The highest BCUT2D eigenvalue weighted by molar-refractivity contribution is 5.93. The summed E-state index contributed by atoms with van der Waals surface area (Å²) in [5.74, 6) is 1.01. The van der Waals surface area contributed by atoms with E-state index in [-0.39, 0.29) is 11.3 Å². The predicted octanol–water partition coefficient (Wildman–Crippen LogP) is 3.05. The zero-order valence-electron chi connectivity index (χ0n) is 12.2. The number of carbonyl (C=O) groups is 1. The van der Waals surface area contributed by atoms with Gasteiger partial charge in [0.05, 0.1) is 11.9 Å². The third-order valence-electron chi connectivity index (χ3n) is 3.12. The number of nitrogens with zero attached hydrogens (tertiary/aromatic N) is 2. The Balaban J connectivity index is 1.97. The average molecular weight is 261 g/mol. The molecule has 4 heteroatoms. The summed E-state index contributed by atoms with van der Waals surface area (Å²) in [4.78, 5) is 18.1. The molecule has 4 nitrogen and oxygen atoms in total. The van der Waals surface area contributed by atoms with Gasteiger partial charge < -0.3 is 10.2 Å². The third kappa shape index (κ3) is 4.23. The Kier molecular flexibility index (Phi) is 3.78. The van der Waals surface area contributed by atoms with Crippen LogP contribution < -0.4 is 10.2 Å². The van der Waals surface area contributed by atoms with Gasteiger partial charge in [-0.2, -0.15) is 0 Å². The first kappa shape index (κ1) is 13.8. The van der Waals surface area contributed by atoms with E-state index in [1.807, 2.05) is 12.1 Å². The van der Waals surface area contributed by atoms with Crippen LogP contribution in [0.25, 0.3) is 0 Å². The smallest absolute Gasteiger partial charge is 0.227 e. The summed E-state index contributed by atoms with van der Waals surface area (Å²) in [6, 6.07) is 4.48. The van der Waals surface area contributed by atoms with Crippen molar-refractivity contribution in [1.29, 1.82) is 0 Å². The van der Waals surface area contributed by atoms with Gasteiger partial charge in [-0.1, -0.05) is 20.8 Å². The van der Waals surface area contributed by atoms with Gasteiger partial charge in [-0.25, -0.2) is 4.98 Å². The number of carbonyl (C=O) groups excluding carboxylic acids is 1. The van der Waals surface area contributed by atoms with E-state index >= 15 is 0 Å². The van der Waals surface area contributed by atoms with E-state index in [9.17, 15) is 4.79 Å². The van der Waals surface area contributed by atoms with Gasteiger partial charge in [0.1, 0.15) is 5.82 Å². The summed E-state index contributed by atoms with van der Waals surface area (Å²) >= 11 is 0. The van der Waals surface area contributed by atoms with E-state index in [1.165, 1.54) is 12.8 Å². The minimum Gasteiger partial charge on any atom is -0.367 e. The monoisotopic (exact) mass is 261 g/mol. The molecule has 0 radical (unpaired) electrons. The highest BCUT2D eigenvalue weighted by Crippen LogP contribution is 2.25. The quantitative estimate of drug-likeness (QED) is 0.906. The number of nitrogens with one attached hydrogen (secondary N) is 1. The highest BCUT2D eigenvalue weighted by Gasteiger charge is 2.22. The molecule has 1 saturated carbocycles. The molecule has 0 saturated heterocycles. The molecule has 1 aromatic rings. The molecule has 104 valence electrons. The molecular weight excluding hydrogens is 238 g/mol. The second-order valence-electron chi connectivity index (χ2n) is 6.51. The SMILES string of the molecule is CN(C(=O)CC(C)(C)C)c1ccc(NC2CC2)nc1. The summed E-state index contributed by atoms with van der Waals surface area (Å²) in [7, 11) is 1.80. The summed E-state index contributed by atoms with van der Waals surface area (Å²) in [5, 5.41) is 3.33. The van der Waals surface area contributed by atoms with Crippen molar-refractivity contribution in [2.45, 2.75) is 46.1 Å². The van der Waals surface area contributed by atoms with Gasteiger partial charge in [-0.05, 0) is 30.4 Å². The van der Waals surface area contributed by atoms with Crippen LogP contribution in [0, 0.1) is 5.41 Å².